The van der Waals surface area contributed by atoms with E-state index in [1.54, 1.807) is 0 Å². The maximum atomic E-state index is 11.9. The van der Waals surface area contributed by atoms with Crippen molar-refractivity contribution in [1.29, 1.82) is 0 Å². The minimum atomic E-state index is -0.454. The highest BCUT2D eigenvalue weighted by Crippen LogP contribution is 2.24. The van der Waals surface area contributed by atoms with Gasteiger partial charge in [0.1, 0.15) is 5.60 Å². The van der Waals surface area contributed by atoms with Crippen LogP contribution in [0.15, 0.2) is 24.3 Å². The molecule has 0 fully saturated rings. The van der Waals surface area contributed by atoms with Crippen LogP contribution in [-0.2, 0) is 11.2 Å². The third-order valence-electron chi connectivity index (χ3n) is 3.62. The average Bonchev–Trinajstić information content (AvgIpc) is 2.34. The number of aryl methyl sites for hydroxylation is 1. The molecule has 1 aliphatic heterocycles. The van der Waals surface area contributed by atoms with Gasteiger partial charge in [-0.05, 0) is 51.7 Å². The second-order valence-corrected chi connectivity index (χ2v) is 6.74. The summed E-state index contributed by atoms with van der Waals surface area (Å²) in [6.45, 7) is 6.45. The highest BCUT2D eigenvalue weighted by molar-refractivity contribution is 5.68. The van der Waals surface area contributed by atoms with Crippen molar-refractivity contribution < 1.29 is 9.53 Å². The van der Waals surface area contributed by atoms with Crippen LogP contribution in [0.25, 0.3) is 0 Å². The van der Waals surface area contributed by atoms with Crippen LogP contribution in [0.2, 0.25) is 0 Å². The summed E-state index contributed by atoms with van der Waals surface area (Å²) in [6.07, 6.45) is 2.77. The molecule has 1 aliphatic rings. The number of hydrogen-bond acceptors (Lipinski definition) is 3. The van der Waals surface area contributed by atoms with Gasteiger partial charge in [-0.1, -0.05) is 18.2 Å². The third-order valence-corrected chi connectivity index (χ3v) is 3.62. The fraction of sp³-hybridized carbons (Fsp3) is 0.588. The Morgan fingerprint density at radius 2 is 2.05 bits per heavy atom. The summed E-state index contributed by atoms with van der Waals surface area (Å²) in [5, 5.41) is 3.00. The van der Waals surface area contributed by atoms with E-state index in [0.717, 1.165) is 25.8 Å². The number of alkyl carbamates (subject to hydrolysis) is 1. The molecule has 0 radical (unpaired) electrons. The first-order valence-corrected chi connectivity index (χ1v) is 7.64. The lowest BCUT2D eigenvalue weighted by Gasteiger charge is -2.31. The lowest BCUT2D eigenvalue weighted by Crippen LogP contribution is -2.45. The van der Waals surface area contributed by atoms with Crippen LogP contribution in [0.4, 0.5) is 10.5 Å². The zero-order valence-electron chi connectivity index (χ0n) is 13.5. The van der Waals surface area contributed by atoms with Crippen molar-refractivity contribution in [2.75, 3.05) is 18.5 Å². The summed E-state index contributed by atoms with van der Waals surface area (Å²) in [4.78, 5) is 14.1. The number of likely N-dealkylation sites (N-methyl/N-ethyl adjacent to an activating group) is 1. The summed E-state index contributed by atoms with van der Waals surface area (Å²) in [7, 11) is 2.08. The summed E-state index contributed by atoms with van der Waals surface area (Å²) in [5.74, 6) is 0. The smallest absolute Gasteiger partial charge is 0.407 e. The molecule has 0 aliphatic carbocycles. The fourth-order valence-electron chi connectivity index (χ4n) is 2.75. The molecule has 0 saturated heterocycles. The molecule has 0 aromatic heterocycles. The number of benzene rings is 1. The number of nitrogens with one attached hydrogen (secondary N) is 1. The molecule has 1 N–H and O–H groups in total. The Morgan fingerprint density at radius 1 is 1.33 bits per heavy atom. The molecular weight excluding hydrogens is 264 g/mol. The number of hydrogen-bond donors (Lipinski definition) is 1. The Balaban J connectivity index is 2.00. The predicted molar refractivity (Wildman–Crippen MR) is 85.8 cm³/mol. The number of rotatable bonds is 1. The number of amides is 1. The van der Waals surface area contributed by atoms with E-state index in [-0.39, 0.29) is 12.1 Å². The van der Waals surface area contributed by atoms with Crippen LogP contribution in [-0.4, -0.2) is 31.3 Å². The zero-order valence-corrected chi connectivity index (χ0v) is 13.5. The van der Waals surface area contributed by atoms with Gasteiger partial charge in [-0.25, -0.2) is 4.79 Å². The van der Waals surface area contributed by atoms with Gasteiger partial charge in [0, 0.05) is 25.3 Å². The van der Waals surface area contributed by atoms with Crippen LogP contribution in [0, 0.1) is 0 Å². The summed E-state index contributed by atoms with van der Waals surface area (Å²) in [5.41, 5.74) is 2.19. The van der Waals surface area contributed by atoms with Crippen molar-refractivity contribution in [3.05, 3.63) is 29.8 Å². The Kier molecular flexibility index (Phi) is 4.76. The van der Waals surface area contributed by atoms with Gasteiger partial charge in [-0.15, -0.1) is 0 Å². The monoisotopic (exact) mass is 290 g/mol. The molecule has 4 nitrogen and oxygen atoms in total. The lowest BCUT2D eigenvalue weighted by atomic mass is 9.99. The largest absolute Gasteiger partial charge is 0.444 e. The number of nitrogens with zero attached hydrogens (tertiary/aromatic N) is 1. The molecular formula is C17H26N2O2. The molecule has 116 valence electrons. The van der Waals surface area contributed by atoms with Crippen molar-refractivity contribution in [3.63, 3.8) is 0 Å². The van der Waals surface area contributed by atoms with Crippen molar-refractivity contribution in [3.8, 4) is 0 Å². The van der Waals surface area contributed by atoms with Gasteiger partial charge in [0.2, 0.25) is 0 Å². The molecule has 2 rings (SSSR count). The molecule has 1 heterocycles. The fourth-order valence-corrected chi connectivity index (χ4v) is 2.75. The van der Waals surface area contributed by atoms with E-state index in [9.17, 15) is 4.79 Å². The van der Waals surface area contributed by atoms with E-state index in [2.05, 4.69) is 41.5 Å². The standard InChI is InChI=1S/C17H26N2O2/c1-17(2,3)21-16(20)18-14-10-7-9-13-8-5-6-11-15(13)19(4)12-14/h5-6,8,11,14H,7,9-10,12H2,1-4H3,(H,18,20)/t14-/m0/s1. The predicted octanol–water partition coefficient (Wildman–Crippen LogP) is 3.35. The van der Waals surface area contributed by atoms with E-state index >= 15 is 0 Å². The van der Waals surface area contributed by atoms with Crippen LogP contribution in [0.5, 0.6) is 0 Å². The molecule has 1 aromatic carbocycles. The van der Waals surface area contributed by atoms with Crippen molar-refractivity contribution in [2.45, 2.75) is 51.7 Å². The van der Waals surface area contributed by atoms with Gasteiger partial charge >= 0.3 is 6.09 Å². The Bertz CT molecular complexity index is 494. The van der Waals surface area contributed by atoms with Gasteiger partial charge in [0.25, 0.3) is 0 Å². The van der Waals surface area contributed by atoms with Gasteiger partial charge in [0.15, 0.2) is 0 Å². The summed E-state index contributed by atoms with van der Waals surface area (Å²) < 4.78 is 5.35. The molecule has 0 saturated carbocycles. The lowest BCUT2D eigenvalue weighted by molar-refractivity contribution is 0.0503. The van der Waals surface area contributed by atoms with Crippen molar-refractivity contribution >= 4 is 11.8 Å². The Morgan fingerprint density at radius 3 is 2.76 bits per heavy atom. The first kappa shape index (κ1) is 15.7. The van der Waals surface area contributed by atoms with Gasteiger partial charge in [0.05, 0.1) is 0 Å². The molecule has 4 heteroatoms. The highest BCUT2D eigenvalue weighted by Gasteiger charge is 2.22. The van der Waals surface area contributed by atoms with E-state index in [1.807, 2.05) is 20.8 Å². The average molecular weight is 290 g/mol. The van der Waals surface area contributed by atoms with Crippen molar-refractivity contribution in [1.82, 2.24) is 5.32 Å². The number of carbonyl (C=O) groups excluding carboxylic acids is 1. The maximum Gasteiger partial charge on any atom is 0.407 e. The topological polar surface area (TPSA) is 41.6 Å². The second kappa shape index (κ2) is 6.37. The first-order valence-electron chi connectivity index (χ1n) is 7.64. The number of anilines is 1. The van der Waals surface area contributed by atoms with Gasteiger partial charge < -0.3 is 15.0 Å². The molecule has 1 amide bonds. The first-order chi connectivity index (χ1) is 9.85. The number of ether oxygens (including phenoxy) is 1. The highest BCUT2D eigenvalue weighted by atomic mass is 16.6. The van der Waals surface area contributed by atoms with E-state index in [1.165, 1.54) is 11.3 Å². The third kappa shape index (κ3) is 4.66. The zero-order chi connectivity index (χ0) is 15.5. The molecule has 1 atom stereocenters. The summed E-state index contributed by atoms with van der Waals surface area (Å²) >= 11 is 0. The number of fused-ring (bicyclic) bond motifs is 1. The van der Waals surface area contributed by atoms with Crippen LogP contribution >= 0.6 is 0 Å². The quantitative estimate of drug-likeness (QED) is 0.862. The summed E-state index contributed by atoms with van der Waals surface area (Å²) in [6, 6.07) is 8.61. The Labute approximate surface area is 127 Å². The molecule has 1 aromatic rings. The number of para-hydroxylation sites is 1. The normalized spacial score (nSPS) is 19.2. The van der Waals surface area contributed by atoms with E-state index in [4.69, 9.17) is 4.74 Å². The van der Waals surface area contributed by atoms with Crippen LogP contribution in [0.3, 0.4) is 0 Å². The maximum absolute atomic E-state index is 11.9. The Hall–Kier alpha value is -1.71. The van der Waals surface area contributed by atoms with E-state index < -0.39 is 5.60 Å². The molecule has 0 spiro atoms. The molecule has 21 heavy (non-hydrogen) atoms. The van der Waals surface area contributed by atoms with Crippen LogP contribution < -0.4 is 10.2 Å². The number of carbonyl (C=O) groups is 1. The van der Waals surface area contributed by atoms with Crippen molar-refractivity contribution in [2.24, 2.45) is 0 Å². The minimum Gasteiger partial charge on any atom is -0.444 e. The molecule has 0 unspecified atom stereocenters. The van der Waals surface area contributed by atoms with Gasteiger partial charge in [-0.2, -0.15) is 0 Å². The van der Waals surface area contributed by atoms with Crippen LogP contribution in [0.1, 0.15) is 39.2 Å². The van der Waals surface area contributed by atoms with E-state index in [0.29, 0.717) is 0 Å². The minimum absolute atomic E-state index is 0.123. The second-order valence-electron chi connectivity index (χ2n) is 6.74. The van der Waals surface area contributed by atoms with Gasteiger partial charge in [-0.3, -0.25) is 0 Å². The molecule has 0 bridgehead atoms. The SMILES string of the molecule is CN1C[C@@H](NC(=O)OC(C)(C)C)CCCc2ccccc21.